The third-order valence-electron chi connectivity index (χ3n) is 4.23. The van der Waals surface area contributed by atoms with Gasteiger partial charge in [-0.25, -0.2) is 4.98 Å². The number of benzene rings is 1. The zero-order chi connectivity index (χ0) is 15.2. The second-order valence-corrected chi connectivity index (χ2v) is 5.89. The third kappa shape index (κ3) is 3.66. The Bertz CT molecular complexity index is 566. The first-order valence-corrected chi connectivity index (χ1v) is 8.29. The van der Waals surface area contributed by atoms with E-state index in [-0.39, 0.29) is 0 Å². The average Bonchev–Trinajstić information content (AvgIpc) is 2.58. The molecule has 3 nitrogen and oxygen atoms in total. The molecule has 2 heterocycles. The van der Waals surface area contributed by atoms with Gasteiger partial charge in [-0.1, -0.05) is 37.6 Å². The Kier molecular flexibility index (Phi) is 5.07. The monoisotopic (exact) mass is 296 g/mol. The Hall–Kier alpha value is -1.87. The number of pyridine rings is 1. The summed E-state index contributed by atoms with van der Waals surface area (Å²) < 4.78 is 5.77. The quantitative estimate of drug-likeness (QED) is 0.791. The number of ether oxygens (including phenoxy) is 1. The SMILES string of the molecule is CCCN1CCCC[C@@H]1c1ccc(Oc2ccccc2)nc1. The molecule has 3 rings (SSSR count). The molecule has 1 aromatic heterocycles. The van der Waals surface area contributed by atoms with Gasteiger partial charge in [0.1, 0.15) is 5.75 Å². The van der Waals surface area contributed by atoms with Crippen LogP contribution in [0.5, 0.6) is 11.6 Å². The summed E-state index contributed by atoms with van der Waals surface area (Å²) in [7, 11) is 0. The highest BCUT2D eigenvalue weighted by molar-refractivity contribution is 5.28. The van der Waals surface area contributed by atoms with Crippen LogP contribution in [0.25, 0.3) is 0 Å². The standard InChI is InChI=1S/C19H24N2O/c1-2-13-21-14-7-6-10-18(21)16-11-12-19(20-15-16)22-17-8-4-3-5-9-17/h3-5,8-9,11-12,15,18H,2,6-7,10,13-14H2,1H3/t18-/m1/s1. The fourth-order valence-electron chi connectivity index (χ4n) is 3.18. The summed E-state index contributed by atoms with van der Waals surface area (Å²) in [5.41, 5.74) is 1.31. The van der Waals surface area contributed by atoms with Crippen molar-refractivity contribution >= 4 is 0 Å². The Morgan fingerprint density at radius 1 is 1.14 bits per heavy atom. The van der Waals surface area contributed by atoms with Gasteiger partial charge in [0.25, 0.3) is 0 Å². The predicted octanol–water partition coefficient (Wildman–Crippen LogP) is 4.81. The molecule has 0 radical (unpaired) electrons. The van der Waals surface area contributed by atoms with E-state index < -0.39 is 0 Å². The molecule has 1 atom stereocenters. The van der Waals surface area contributed by atoms with Gasteiger partial charge in [-0.3, -0.25) is 4.90 Å². The number of hydrogen-bond donors (Lipinski definition) is 0. The molecule has 1 aliphatic heterocycles. The van der Waals surface area contributed by atoms with Crippen LogP contribution in [0, 0.1) is 0 Å². The predicted molar refractivity (Wildman–Crippen MR) is 89.2 cm³/mol. The molecule has 1 saturated heterocycles. The van der Waals surface area contributed by atoms with E-state index in [9.17, 15) is 0 Å². The molecule has 1 aromatic carbocycles. The van der Waals surface area contributed by atoms with Crippen molar-refractivity contribution in [3.8, 4) is 11.6 Å². The lowest BCUT2D eigenvalue weighted by Crippen LogP contribution is -2.34. The maximum atomic E-state index is 5.77. The molecule has 0 saturated carbocycles. The van der Waals surface area contributed by atoms with Crippen molar-refractivity contribution in [1.82, 2.24) is 9.88 Å². The largest absolute Gasteiger partial charge is 0.439 e. The number of rotatable bonds is 5. The second-order valence-electron chi connectivity index (χ2n) is 5.89. The summed E-state index contributed by atoms with van der Waals surface area (Å²) >= 11 is 0. The van der Waals surface area contributed by atoms with Crippen molar-refractivity contribution in [3.63, 3.8) is 0 Å². The second kappa shape index (κ2) is 7.41. The van der Waals surface area contributed by atoms with Crippen LogP contribution in [0.2, 0.25) is 0 Å². The molecule has 0 bridgehead atoms. The maximum Gasteiger partial charge on any atom is 0.219 e. The van der Waals surface area contributed by atoms with E-state index in [0.29, 0.717) is 11.9 Å². The lowest BCUT2D eigenvalue weighted by atomic mass is 9.96. The van der Waals surface area contributed by atoms with Gasteiger partial charge in [0.15, 0.2) is 0 Å². The molecular weight excluding hydrogens is 272 g/mol. The molecule has 22 heavy (non-hydrogen) atoms. The lowest BCUT2D eigenvalue weighted by molar-refractivity contribution is 0.148. The summed E-state index contributed by atoms with van der Waals surface area (Å²) in [6.07, 6.45) is 7.06. The van der Waals surface area contributed by atoms with E-state index in [1.54, 1.807) is 0 Å². The van der Waals surface area contributed by atoms with Crippen LogP contribution in [0.15, 0.2) is 48.7 Å². The fraction of sp³-hybridized carbons (Fsp3) is 0.421. The minimum Gasteiger partial charge on any atom is -0.439 e. The Balaban J connectivity index is 1.70. The molecule has 1 fully saturated rings. The van der Waals surface area contributed by atoms with Gasteiger partial charge in [-0.2, -0.15) is 0 Å². The number of piperidine rings is 1. The van der Waals surface area contributed by atoms with Crippen LogP contribution < -0.4 is 4.74 Å². The van der Waals surface area contributed by atoms with Crippen molar-refractivity contribution in [2.75, 3.05) is 13.1 Å². The smallest absolute Gasteiger partial charge is 0.219 e. The third-order valence-corrected chi connectivity index (χ3v) is 4.23. The molecular formula is C19H24N2O. The molecule has 1 aliphatic rings. The number of aromatic nitrogens is 1. The van der Waals surface area contributed by atoms with E-state index in [1.807, 2.05) is 42.6 Å². The van der Waals surface area contributed by atoms with Crippen molar-refractivity contribution in [1.29, 1.82) is 0 Å². The molecule has 116 valence electrons. The summed E-state index contributed by atoms with van der Waals surface area (Å²) in [5.74, 6) is 1.49. The highest BCUT2D eigenvalue weighted by Gasteiger charge is 2.23. The number of likely N-dealkylation sites (tertiary alicyclic amines) is 1. The zero-order valence-electron chi connectivity index (χ0n) is 13.2. The van der Waals surface area contributed by atoms with E-state index in [1.165, 1.54) is 44.3 Å². The normalized spacial score (nSPS) is 19.0. The first kappa shape index (κ1) is 15.0. The summed E-state index contributed by atoms with van der Waals surface area (Å²) in [4.78, 5) is 7.09. The molecule has 3 heteroatoms. The van der Waals surface area contributed by atoms with Crippen LogP contribution in [-0.2, 0) is 0 Å². The molecule has 0 N–H and O–H groups in total. The fourth-order valence-corrected chi connectivity index (χ4v) is 3.18. The molecule has 0 amide bonds. The van der Waals surface area contributed by atoms with Gasteiger partial charge >= 0.3 is 0 Å². The minimum absolute atomic E-state index is 0.520. The molecule has 0 spiro atoms. The highest BCUT2D eigenvalue weighted by Crippen LogP contribution is 2.31. The van der Waals surface area contributed by atoms with Crippen molar-refractivity contribution in [2.45, 2.75) is 38.6 Å². The molecule has 0 unspecified atom stereocenters. The minimum atomic E-state index is 0.520. The number of nitrogens with zero attached hydrogens (tertiary/aromatic N) is 2. The van der Waals surface area contributed by atoms with Gasteiger partial charge in [-0.15, -0.1) is 0 Å². The number of hydrogen-bond acceptors (Lipinski definition) is 3. The van der Waals surface area contributed by atoms with E-state index >= 15 is 0 Å². The Morgan fingerprint density at radius 3 is 2.73 bits per heavy atom. The van der Waals surface area contributed by atoms with E-state index in [2.05, 4.69) is 22.9 Å². The van der Waals surface area contributed by atoms with Gasteiger partial charge in [0.2, 0.25) is 5.88 Å². The zero-order valence-corrected chi connectivity index (χ0v) is 13.2. The highest BCUT2D eigenvalue weighted by atomic mass is 16.5. The maximum absolute atomic E-state index is 5.77. The first-order chi connectivity index (χ1) is 10.9. The average molecular weight is 296 g/mol. The Morgan fingerprint density at radius 2 is 2.00 bits per heavy atom. The van der Waals surface area contributed by atoms with Gasteiger partial charge in [0, 0.05) is 18.3 Å². The van der Waals surface area contributed by atoms with Crippen LogP contribution >= 0.6 is 0 Å². The van der Waals surface area contributed by atoms with E-state index in [0.717, 1.165) is 5.75 Å². The summed E-state index contributed by atoms with van der Waals surface area (Å²) in [6, 6.07) is 14.5. The van der Waals surface area contributed by atoms with Crippen molar-refractivity contribution in [2.24, 2.45) is 0 Å². The van der Waals surface area contributed by atoms with Gasteiger partial charge in [0.05, 0.1) is 0 Å². The molecule has 2 aromatic rings. The lowest BCUT2D eigenvalue weighted by Gasteiger charge is -2.35. The summed E-state index contributed by atoms with van der Waals surface area (Å²) in [6.45, 7) is 4.63. The van der Waals surface area contributed by atoms with Crippen LogP contribution in [0.1, 0.15) is 44.2 Å². The van der Waals surface area contributed by atoms with Gasteiger partial charge < -0.3 is 4.74 Å². The van der Waals surface area contributed by atoms with Crippen molar-refractivity contribution < 1.29 is 4.74 Å². The number of para-hydroxylation sites is 1. The van der Waals surface area contributed by atoms with Gasteiger partial charge in [-0.05, 0) is 50.0 Å². The van der Waals surface area contributed by atoms with Crippen molar-refractivity contribution in [3.05, 3.63) is 54.2 Å². The first-order valence-electron chi connectivity index (χ1n) is 8.29. The topological polar surface area (TPSA) is 25.4 Å². The van der Waals surface area contributed by atoms with Crippen LogP contribution in [0.4, 0.5) is 0 Å². The summed E-state index contributed by atoms with van der Waals surface area (Å²) in [5, 5.41) is 0. The van der Waals surface area contributed by atoms with E-state index in [4.69, 9.17) is 4.74 Å². The van der Waals surface area contributed by atoms with Crippen LogP contribution in [-0.4, -0.2) is 23.0 Å². The Labute approximate surface area is 132 Å². The molecule has 0 aliphatic carbocycles. The van der Waals surface area contributed by atoms with Crippen LogP contribution in [0.3, 0.4) is 0 Å².